The zero-order valence-electron chi connectivity index (χ0n) is 14.3. The van der Waals surface area contributed by atoms with Gasteiger partial charge in [-0.15, -0.1) is 0 Å². The number of aryl methyl sites for hydroxylation is 3. The third kappa shape index (κ3) is 4.85. The summed E-state index contributed by atoms with van der Waals surface area (Å²) in [5.41, 5.74) is 4.58. The molecular formula is C20H25NO2. The quantitative estimate of drug-likeness (QED) is 0.865. The van der Waals surface area contributed by atoms with E-state index in [1.165, 1.54) is 5.56 Å². The standard InChI is InChI=1S/C20H25NO2/c1-14-9-10-16(3)19(13-14)23-12-11-20(22)21-17(4)18-8-6-5-7-15(18)2/h5-10,13,17H,11-12H2,1-4H3,(H,21,22). The third-order valence-corrected chi connectivity index (χ3v) is 3.96. The Hall–Kier alpha value is -2.29. The van der Waals surface area contributed by atoms with Gasteiger partial charge in [0.05, 0.1) is 19.1 Å². The Morgan fingerprint density at radius 2 is 1.83 bits per heavy atom. The van der Waals surface area contributed by atoms with Crippen molar-refractivity contribution >= 4 is 5.91 Å². The van der Waals surface area contributed by atoms with Gasteiger partial charge < -0.3 is 10.1 Å². The highest BCUT2D eigenvalue weighted by Gasteiger charge is 2.11. The molecule has 0 heterocycles. The van der Waals surface area contributed by atoms with E-state index >= 15 is 0 Å². The lowest BCUT2D eigenvalue weighted by atomic mass is 10.0. The molecule has 1 atom stereocenters. The molecule has 122 valence electrons. The molecule has 0 aliphatic heterocycles. The molecule has 0 saturated carbocycles. The lowest BCUT2D eigenvalue weighted by molar-refractivity contribution is -0.122. The summed E-state index contributed by atoms with van der Waals surface area (Å²) < 4.78 is 5.74. The molecule has 2 aromatic rings. The first kappa shape index (κ1) is 17.1. The maximum absolute atomic E-state index is 12.1. The average molecular weight is 311 g/mol. The van der Waals surface area contributed by atoms with E-state index in [0.717, 1.165) is 22.4 Å². The van der Waals surface area contributed by atoms with Gasteiger partial charge in [0.1, 0.15) is 5.75 Å². The first-order valence-corrected chi connectivity index (χ1v) is 8.02. The first-order valence-electron chi connectivity index (χ1n) is 8.02. The number of carbonyl (C=O) groups excluding carboxylic acids is 1. The van der Waals surface area contributed by atoms with Gasteiger partial charge in [0.15, 0.2) is 0 Å². The number of nitrogens with one attached hydrogen (secondary N) is 1. The SMILES string of the molecule is Cc1ccc(C)c(OCCC(=O)NC(C)c2ccccc2C)c1. The minimum Gasteiger partial charge on any atom is -0.493 e. The summed E-state index contributed by atoms with van der Waals surface area (Å²) >= 11 is 0. The molecule has 0 aliphatic carbocycles. The van der Waals surface area contributed by atoms with Crippen molar-refractivity contribution in [3.63, 3.8) is 0 Å². The second-order valence-corrected chi connectivity index (χ2v) is 6.01. The van der Waals surface area contributed by atoms with Gasteiger partial charge >= 0.3 is 0 Å². The predicted octanol–water partition coefficient (Wildman–Crippen LogP) is 4.26. The highest BCUT2D eigenvalue weighted by Crippen LogP contribution is 2.19. The van der Waals surface area contributed by atoms with Crippen molar-refractivity contribution in [1.29, 1.82) is 0 Å². The largest absolute Gasteiger partial charge is 0.493 e. The number of ether oxygens (including phenoxy) is 1. The Kier molecular flexibility index (Phi) is 5.80. The van der Waals surface area contributed by atoms with Crippen molar-refractivity contribution in [2.24, 2.45) is 0 Å². The maximum atomic E-state index is 12.1. The fraction of sp³-hybridized carbons (Fsp3) is 0.350. The van der Waals surface area contributed by atoms with E-state index in [1.54, 1.807) is 0 Å². The second kappa shape index (κ2) is 7.82. The van der Waals surface area contributed by atoms with Gasteiger partial charge in [-0.1, -0.05) is 36.4 Å². The monoisotopic (exact) mass is 311 g/mol. The van der Waals surface area contributed by atoms with E-state index in [-0.39, 0.29) is 11.9 Å². The molecule has 2 aromatic carbocycles. The molecule has 0 spiro atoms. The fourth-order valence-corrected chi connectivity index (χ4v) is 2.58. The normalized spacial score (nSPS) is 11.8. The van der Waals surface area contributed by atoms with E-state index in [1.807, 2.05) is 51.1 Å². The van der Waals surface area contributed by atoms with Crippen molar-refractivity contribution in [2.75, 3.05) is 6.61 Å². The molecule has 0 aliphatic rings. The zero-order chi connectivity index (χ0) is 16.8. The Morgan fingerprint density at radius 1 is 1.09 bits per heavy atom. The minimum atomic E-state index is 0.00408. The third-order valence-electron chi connectivity index (χ3n) is 3.96. The molecule has 0 fully saturated rings. The average Bonchev–Trinajstić information content (AvgIpc) is 2.51. The molecule has 2 rings (SSSR count). The van der Waals surface area contributed by atoms with Crippen LogP contribution in [-0.4, -0.2) is 12.5 Å². The molecule has 0 saturated heterocycles. The molecule has 3 nitrogen and oxygen atoms in total. The minimum absolute atomic E-state index is 0.00408. The summed E-state index contributed by atoms with van der Waals surface area (Å²) in [5.74, 6) is 0.857. The Labute approximate surface area is 138 Å². The van der Waals surface area contributed by atoms with Crippen LogP contribution in [0.5, 0.6) is 5.75 Å². The van der Waals surface area contributed by atoms with Gasteiger partial charge in [0.25, 0.3) is 0 Å². The first-order chi connectivity index (χ1) is 11.0. The van der Waals surface area contributed by atoms with Crippen LogP contribution >= 0.6 is 0 Å². The van der Waals surface area contributed by atoms with Crippen LogP contribution < -0.4 is 10.1 Å². The Balaban J connectivity index is 1.83. The Morgan fingerprint density at radius 3 is 2.57 bits per heavy atom. The molecular weight excluding hydrogens is 286 g/mol. The lowest BCUT2D eigenvalue weighted by Gasteiger charge is -2.17. The molecule has 0 radical (unpaired) electrons. The summed E-state index contributed by atoms with van der Waals surface area (Å²) in [7, 11) is 0. The van der Waals surface area contributed by atoms with Crippen molar-refractivity contribution in [2.45, 2.75) is 40.2 Å². The summed E-state index contributed by atoms with van der Waals surface area (Å²) in [6.07, 6.45) is 0.351. The summed E-state index contributed by atoms with van der Waals surface area (Å²) in [5, 5.41) is 3.03. The maximum Gasteiger partial charge on any atom is 0.223 e. The molecule has 3 heteroatoms. The molecule has 23 heavy (non-hydrogen) atoms. The van der Waals surface area contributed by atoms with Gasteiger partial charge in [-0.2, -0.15) is 0 Å². The van der Waals surface area contributed by atoms with Crippen molar-refractivity contribution in [1.82, 2.24) is 5.32 Å². The number of benzene rings is 2. The van der Waals surface area contributed by atoms with Crippen LogP contribution in [-0.2, 0) is 4.79 Å². The van der Waals surface area contributed by atoms with Crippen molar-refractivity contribution < 1.29 is 9.53 Å². The van der Waals surface area contributed by atoms with E-state index < -0.39 is 0 Å². The topological polar surface area (TPSA) is 38.3 Å². The Bertz CT molecular complexity index is 679. The molecule has 1 unspecified atom stereocenters. The van der Waals surface area contributed by atoms with Gasteiger partial charge in [0, 0.05) is 0 Å². The van der Waals surface area contributed by atoms with Gasteiger partial charge in [-0.25, -0.2) is 0 Å². The predicted molar refractivity (Wildman–Crippen MR) is 93.8 cm³/mol. The number of hydrogen-bond donors (Lipinski definition) is 1. The van der Waals surface area contributed by atoms with Crippen LogP contribution in [0.2, 0.25) is 0 Å². The van der Waals surface area contributed by atoms with E-state index in [4.69, 9.17) is 4.74 Å². The van der Waals surface area contributed by atoms with Crippen LogP contribution in [0.3, 0.4) is 0 Å². The highest BCUT2D eigenvalue weighted by atomic mass is 16.5. The lowest BCUT2D eigenvalue weighted by Crippen LogP contribution is -2.28. The van der Waals surface area contributed by atoms with Gasteiger partial charge in [0.2, 0.25) is 5.91 Å². The number of amides is 1. The van der Waals surface area contributed by atoms with E-state index in [9.17, 15) is 4.79 Å². The zero-order valence-corrected chi connectivity index (χ0v) is 14.3. The van der Waals surface area contributed by atoms with Crippen LogP contribution in [0.15, 0.2) is 42.5 Å². The van der Waals surface area contributed by atoms with Gasteiger partial charge in [-0.3, -0.25) is 4.79 Å². The fourth-order valence-electron chi connectivity index (χ4n) is 2.58. The highest BCUT2D eigenvalue weighted by molar-refractivity contribution is 5.76. The van der Waals surface area contributed by atoms with Crippen molar-refractivity contribution in [3.05, 3.63) is 64.7 Å². The number of hydrogen-bond acceptors (Lipinski definition) is 2. The molecule has 1 amide bonds. The second-order valence-electron chi connectivity index (χ2n) is 6.01. The van der Waals surface area contributed by atoms with Crippen LogP contribution in [0.1, 0.15) is 41.6 Å². The number of carbonyl (C=O) groups is 1. The molecule has 1 N–H and O–H groups in total. The van der Waals surface area contributed by atoms with Crippen LogP contribution in [0.4, 0.5) is 0 Å². The van der Waals surface area contributed by atoms with E-state index in [2.05, 4.69) is 24.4 Å². The summed E-state index contributed by atoms with van der Waals surface area (Å²) in [4.78, 5) is 12.1. The van der Waals surface area contributed by atoms with Crippen molar-refractivity contribution in [3.8, 4) is 5.75 Å². The van der Waals surface area contributed by atoms with Crippen LogP contribution in [0.25, 0.3) is 0 Å². The molecule has 0 aromatic heterocycles. The number of rotatable bonds is 6. The van der Waals surface area contributed by atoms with Crippen LogP contribution in [0, 0.1) is 20.8 Å². The molecule has 0 bridgehead atoms. The summed E-state index contributed by atoms with van der Waals surface area (Å²) in [6.45, 7) is 8.49. The van der Waals surface area contributed by atoms with E-state index in [0.29, 0.717) is 13.0 Å². The summed E-state index contributed by atoms with van der Waals surface area (Å²) in [6, 6.07) is 14.2. The smallest absolute Gasteiger partial charge is 0.223 e. The van der Waals surface area contributed by atoms with Gasteiger partial charge in [-0.05, 0) is 56.0 Å².